The highest BCUT2D eigenvalue weighted by atomic mass is 31.0. The molecule has 0 rings (SSSR count). The maximum atomic E-state index is 4.28. The molecule has 0 fully saturated rings. The van der Waals surface area contributed by atoms with Gasteiger partial charge in [0.25, 0.3) is 0 Å². The first-order valence-electron chi connectivity index (χ1n) is 15.0. The molecular formula is C30H61P. The Hall–Kier alpha value is 0.430. The quantitative estimate of drug-likeness (QED) is 0.0817. The lowest BCUT2D eigenvalue weighted by Gasteiger charge is -2.04. The van der Waals surface area contributed by atoms with Gasteiger partial charge in [0.2, 0.25) is 0 Å². The predicted octanol–water partition coefficient (Wildman–Crippen LogP) is 12.3. The van der Waals surface area contributed by atoms with E-state index in [2.05, 4.69) is 16.2 Å². The molecule has 0 aromatic heterocycles. The van der Waals surface area contributed by atoms with Crippen molar-refractivity contribution >= 4 is 9.24 Å². The van der Waals surface area contributed by atoms with Gasteiger partial charge in [-0.15, -0.1) is 0 Å². The minimum atomic E-state index is 1.07. The van der Waals surface area contributed by atoms with Crippen molar-refractivity contribution in [2.75, 3.05) is 6.16 Å². The summed E-state index contributed by atoms with van der Waals surface area (Å²) < 4.78 is 0. The fourth-order valence-corrected chi connectivity index (χ4v) is 5.00. The number of hydrogen-bond acceptors (Lipinski definition) is 0. The molecule has 0 aliphatic carbocycles. The van der Waals surface area contributed by atoms with E-state index < -0.39 is 0 Å². The van der Waals surface area contributed by atoms with Crippen LogP contribution in [-0.4, -0.2) is 6.16 Å². The van der Waals surface area contributed by atoms with Crippen molar-refractivity contribution in [3.63, 3.8) is 0 Å². The molecule has 0 aliphatic rings. The summed E-state index contributed by atoms with van der Waals surface area (Å²) in [4.78, 5) is 0. The van der Waals surface area contributed by atoms with E-state index in [-0.39, 0.29) is 0 Å². The zero-order chi connectivity index (χ0) is 22.5. The molecule has 0 bridgehead atoms. The van der Waals surface area contributed by atoms with Crippen molar-refractivity contribution in [1.29, 1.82) is 0 Å². The first-order valence-corrected chi connectivity index (χ1v) is 15.7. The molecule has 186 valence electrons. The summed E-state index contributed by atoms with van der Waals surface area (Å²) >= 11 is 0. The molecule has 0 aliphatic heterocycles. The third-order valence-electron chi connectivity index (χ3n) is 7.01. The molecule has 0 atom stereocenters. The topological polar surface area (TPSA) is 0 Å². The van der Waals surface area contributed by atoms with E-state index in [1.807, 2.05) is 0 Å². The van der Waals surface area contributed by atoms with Crippen molar-refractivity contribution in [2.45, 2.75) is 187 Å². The third-order valence-corrected chi connectivity index (χ3v) is 7.33. The fraction of sp³-hybridized carbons (Fsp3) is 1.00. The highest BCUT2D eigenvalue weighted by Crippen LogP contribution is 2.16. The highest BCUT2D eigenvalue weighted by molar-refractivity contribution is 7.16. The van der Waals surface area contributed by atoms with Crippen molar-refractivity contribution in [3.8, 4) is 0 Å². The Kier molecular flexibility index (Phi) is 30.9. The minimum absolute atomic E-state index is 1.07. The van der Waals surface area contributed by atoms with E-state index in [0.29, 0.717) is 0 Å². The average molecular weight is 453 g/mol. The molecule has 1 heteroatoms. The van der Waals surface area contributed by atoms with Gasteiger partial charge < -0.3 is 0 Å². The summed E-state index contributed by atoms with van der Waals surface area (Å²) in [6.07, 6.45) is 42.1. The second-order valence-electron chi connectivity index (χ2n) is 10.3. The largest absolute Gasteiger partial charge is 0.0654 e. The van der Waals surface area contributed by atoms with Crippen LogP contribution in [-0.2, 0) is 0 Å². The van der Waals surface area contributed by atoms with Crippen LogP contribution in [0.3, 0.4) is 0 Å². The lowest BCUT2D eigenvalue weighted by atomic mass is 10.0. The van der Waals surface area contributed by atoms with Crippen LogP contribution in [0.25, 0.3) is 0 Å². The van der Waals surface area contributed by atoms with Gasteiger partial charge in [0.1, 0.15) is 0 Å². The van der Waals surface area contributed by atoms with E-state index in [4.69, 9.17) is 0 Å². The van der Waals surface area contributed by atoms with Gasteiger partial charge in [0.15, 0.2) is 0 Å². The van der Waals surface area contributed by atoms with Crippen molar-refractivity contribution in [1.82, 2.24) is 0 Å². The fourth-order valence-electron chi connectivity index (χ4n) is 4.78. The Morgan fingerprint density at radius 1 is 0.258 bits per heavy atom. The molecule has 0 saturated heterocycles. The van der Waals surface area contributed by atoms with E-state index in [1.54, 1.807) is 0 Å². The molecule has 0 N–H and O–H groups in total. The Morgan fingerprint density at radius 3 is 0.581 bits per heavy atom. The number of rotatable bonds is 28. The van der Waals surface area contributed by atoms with Crippen LogP contribution in [0.15, 0.2) is 0 Å². The van der Waals surface area contributed by atoms with Crippen molar-refractivity contribution in [2.24, 2.45) is 0 Å². The third kappa shape index (κ3) is 30.4. The second-order valence-corrected chi connectivity index (χ2v) is 10.7. The Morgan fingerprint density at radius 2 is 0.419 bits per heavy atom. The van der Waals surface area contributed by atoms with Crippen molar-refractivity contribution in [3.05, 3.63) is 0 Å². The molecule has 2 radical (unpaired) electrons. The molecule has 0 amide bonds. The van der Waals surface area contributed by atoms with Gasteiger partial charge in [0, 0.05) is 0 Å². The molecule has 31 heavy (non-hydrogen) atoms. The van der Waals surface area contributed by atoms with Gasteiger partial charge in [0.05, 0.1) is 0 Å². The number of hydrogen-bond donors (Lipinski definition) is 0. The Bertz CT molecular complexity index is 260. The zero-order valence-corrected chi connectivity index (χ0v) is 22.8. The summed E-state index contributed by atoms with van der Waals surface area (Å²) in [6.45, 7) is 2.30. The molecule has 0 saturated carbocycles. The van der Waals surface area contributed by atoms with Crippen LogP contribution < -0.4 is 0 Å². The monoisotopic (exact) mass is 452 g/mol. The van der Waals surface area contributed by atoms with Crippen LogP contribution >= 0.6 is 9.24 Å². The first kappa shape index (κ1) is 31.4. The summed E-state index contributed by atoms with van der Waals surface area (Å²) in [5.74, 6) is 0. The van der Waals surface area contributed by atoms with Gasteiger partial charge in [-0.1, -0.05) is 180 Å². The Balaban J connectivity index is 2.98. The van der Waals surface area contributed by atoms with Gasteiger partial charge >= 0.3 is 0 Å². The van der Waals surface area contributed by atoms with Crippen LogP contribution in [0.5, 0.6) is 0 Å². The molecule has 0 heterocycles. The van der Waals surface area contributed by atoms with Gasteiger partial charge in [-0.25, -0.2) is 0 Å². The predicted molar refractivity (Wildman–Crippen MR) is 147 cm³/mol. The summed E-state index contributed by atoms with van der Waals surface area (Å²) in [5.41, 5.74) is 0. The first-order chi connectivity index (χ1) is 15.4. The summed E-state index contributed by atoms with van der Waals surface area (Å²) in [5, 5.41) is 0. The molecule has 0 spiro atoms. The zero-order valence-electron chi connectivity index (χ0n) is 22.0. The summed E-state index contributed by atoms with van der Waals surface area (Å²) in [6, 6.07) is 0. The van der Waals surface area contributed by atoms with Crippen LogP contribution in [0.4, 0.5) is 0 Å². The SMILES string of the molecule is CCCCCCCCCCCCCCCCCCCCCCCCCCCCCC[P]. The average Bonchev–Trinajstić information content (AvgIpc) is 2.78. The standard InChI is InChI=1S/C30H61P/c1-2-3-4-5-6-7-8-9-10-11-12-13-14-15-16-17-18-19-20-21-22-23-24-25-26-27-28-29-30-31/h2-30H2,1H3. The van der Waals surface area contributed by atoms with Gasteiger partial charge in [-0.3, -0.25) is 0 Å². The smallest absolute Gasteiger partial charge is 0.0242 e. The molecule has 0 aromatic rings. The molecule has 0 unspecified atom stereocenters. The second kappa shape index (κ2) is 30.4. The Labute approximate surface area is 202 Å². The molecule has 0 nitrogen and oxygen atoms in total. The maximum absolute atomic E-state index is 4.28. The summed E-state index contributed by atoms with van der Waals surface area (Å²) in [7, 11) is 4.28. The van der Waals surface area contributed by atoms with Gasteiger partial charge in [-0.2, -0.15) is 0 Å². The molecule has 0 aromatic carbocycles. The van der Waals surface area contributed by atoms with E-state index in [0.717, 1.165) is 6.16 Å². The maximum Gasteiger partial charge on any atom is -0.0242 e. The number of unbranched alkanes of at least 4 members (excludes halogenated alkanes) is 27. The van der Waals surface area contributed by atoms with Gasteiger partial charge in [-0.05, 0) is 21.8 Å². The lowest BCUT2D eigenvalue weighted by molar-refractivity contribution is 0.514. The van der Waals surface area contributed by atoms with Crippen molar-refractivity contribution < 1.29 is 0 Å². The van der Waals surface area contributed by atoms with E-state index in [1.165, 1.54) is 180 Å². The highest BCUT2D eigenvalue weighted by Gasteiger charge is 1.96. The van der Waals surface area contributed by atoms with E-state index >= 15 is 0 Å². The van der Waals surface area contributed by atoms with E-state index in [9.17, 15) is 0 Å². The molecular weight excluding hydrogens is 391 g/mol. The van der Waals surface area contributed by atoms with Crippen LogP contribution in [0.2, 0.25) is 0 Å². The normalized spacial score (nSPS) is 11.4. The van der Waals surface area contributed by atoms with Crippen LogP contribution in [0, 0.1) is 0 Å². The minimum Gasteiger partial charge on any atom is -0.0654 e. The lowest BCUT2D eigenvalue weighted by Crippen LogP contribution is -1.85. The van der Waals surface area contributed by atoms with Crippen LogP contribution in [0.1, 0.15) is 187 Å².